The van der Waals surface area contributed by atoms with Gasteiger partial charge in [-0.1, -0.05) is 23.6 Å². The van der Waals surface area contributed by atoms with Crippen LogP contribution in [0.25, 0.3) is 0 Å². The predicted molar refractivity (Wildman–Crippen MR) is 80.6 cm³/mol. The predicted octanol–water partition coefficient (Wildman–Crippen LogP) is 3.03. The molecule has 1 aromatic rings. The van der Waals surface area contributed by atoms with Crippen LogP contribution in [-0.4, -0.2) is 22.6 Å². The first-order chi connectivity index (χ1) is 8.66. The van der Waals surface area contributed by atoms with Gasteiger partial charge in [0, 0.05) is 18.5 Å². The second-order valence-corrected chi connectivity index (χ2v) is 6.80. The molecule has 0 radical (unpaired) electrons. The van der Waals surface area contributed by atoms with Gasteiger partial charge in [-0.2, -0.15) is 0 Å². The average molecular weight is 281 g/mol. The summed E-state index contributed by atoms with van der Waals surface area (Å²) >= 11 is 6.87. The first kappa shape index (κ1) is 12.4. The van der Waals surface area contributed by atoms with E-state index in [0.717, 1.165) is 16.6 Å². The summed E-state index contributed by atoms with van der Waals surface area (Å²) in [7, 11) is 0. The second kappa shape index (κ2) is 4.78. The minimum Gasteiger partial charge on any atom is -0.389 e. The van der Waals surface area contributed by atoms with E-state index in [1.54, 1.807) is 11.3 Å². The molecule has 0 aromatic carbocycles. The van der Waals surface area contributed by atoms with Crippen LogP contribution in [-0.2, 0) is 0 Å². The van der Waals surface area contributed by atoms with Crippen LogP contribution in [0.5, 0.6) is 0 Å². The molecule has 18 heavy (non-hydrogen) atoms. The lowest BCUT2D eigenvalue weighted by atomic mass is 10.0. The molecule has 2 fully saturated rings. The number of hydrogen-bond donors (Lipinski definition) is 1. The van der Waals surface area contributed by atoms with Gasteiger partial charge in [0.1, 0.15) is 4.99 Å². The lowest BCUT2D eigenvalue weighted by molar-refractivity contribution is 0.484. The van der Waals surface area contributed by atoms with Crippen molar-refractivity contribution in [2.75, 3.05) is 11.4 Å². The average Bonchev–Trinajstić information content (AvgIpc) is 3.09. The molecule has 1 aromatic heterocycles. The van der Waals surface area contributed by atoms with Crippen LogP contribution in [0.3, 0.4) is 0 Å². The highest BCUT2D eigenvalue weighted by molar-refractivity contribution is 7.81. The van der Waals surface area contributed by atoms with Crippen molar-refractivity contribution >= 4 is 33.7 Å². The third kappa shape index (κ3) is 2.26. The molecule has 0 amide bonds. The minimum absolute atomic E-state index is 0.519. The van der Waals surface area contributed by atoms with E-state index >= 15 is 0 Å². The number of thiazole rings is 1. The van der Waals surface area contributed by atoms with Gasteiger partial charge in [-0.25, -0.2) is 4.98 Å². The molecule has 1 saturated heterocycles. The van der Waals surface area contributed by atoms with Crippen molar-refractivity contribution in [2.45, 2.75) is 51.0 Å². The van der Waals surface area contributed by atoms with E-state index in [1.807, 2.05) is 0 Å². The Labute approximate surface area is 117 Å². The summed E-state index contributed by atoms with van der Waals surface area (Å²) in [6.45, 7) is 3.41. The molecule has 0 spiro atoms. The van der Waals surface area contributed by atoms with Gasteiger partial charge >= 0.3 is 0 Å². The third-order valence-electron chi connectivity index (χ3n) is 3.88. The van der Waals surface area contributed by atoms with E-state index in [4.69, 9.17) is 22.9 Å². The van der Waals surface area contributed by atoms with Crippen molar-refractivity contribution in [3.63, 3.8) is 0 Å². The minimum atomic E-state index is 0.519. The van der Waals surface area contributed by atoms with Crippen LogP contribution in [0, 0.1) is 0 Å². The molecule has 3 rings (SSSR count). The number of nitrogens with zero attached hydrogens (tertiary/aromatic N) is 2. The monoisotopic (exact) mass is 281 g/mol. The molecular weight excluding hydrogens is 262 g/mol. The quantitative estimate of drug-likeness (QED) is 0.865. The van der Waals surface area contributed by atoms with Gasteiger partial charge in [0.05, 0.1) is 10.6 Å². The summed E-state index contributed by atoms with van der Waals surface area (Å²) in [4.78, 5) is 8.85. The fourth-order valence-electron chi connectivity index (χ4n) is 2.64. The smallest absolute Gasteiger partial charge is 0.186 e. The zero-order valence-corrected chi connectivity index (χ0v) is 12.3. The van der Waals surface area contributed by atoms with Crippen LogP contribution >= 0.6 is 23.6 Å². The van der Waals surface area contributed by atoms with Gasteiger partial charge in [-0.15, -0.1) is 0 Å². The van der Waals surface area contributed by atoms with E-state index in [-0.39, 0.29) is 0 Å². The fraction of sp³-hybridized carbons (Fsp3) is 0.692. The highest BCUT2D eigenvalue weighted by Gasteiger charge is 2.32. The number of hydrogen-bond acceptors (Lipinski definition) is 4. The number of aromatic nitrogens is 1. The standard InChI is InChI=1S/C13H19N3S2/c1-8-4-2-3-7-16(8)13-15-10(9-5-6-9)11(18-13)12(14)17/h8-9H,2-7H2,1H3,(H2,14,17). The summed E-state index contributed by atoms with van der Waals surface area (Å²) < 4.78 is 0. The van der Waals surface area contributed by atoms with Crippen LogP contribution in [0.4, 0.5) is 5.13 Å². The van der Waals surface area contributed by atoms with Gasteiger partial charge in [0.2, 0.25) is 0 Å². The number of rotatable bonds is 3. The molecule has 1 saturated carbocycles. The molecule has 1 aliphatic heterocycles. The van der Waals surface area contributed by atoms with Crippen molar-refractivity contribution in [1.82, 2.24) is 4.98 Å². The molecule has 1 aliphatic carbocycles. The summed E-state index contributed by atoms with van der Waals surface area (Å²) in [5, 5.41) is 1.13. The van der Waals surface area contributed by atoms with Crippen LogP contribution in [0.2, 0.25) is 0 Å². The Balaban J connectivity index is 1.92. The maximum atomic E-state index is 5.84. The Morgan fingerprint density at radius 3 is 2.78 bits per heavy atom. The molecule has 3 nitrogen and oxygen atoms in total. The van der Waals surface area contributed by atoms with E-state index in [9.17, 15) is 0 Å². The Kier molecular flexibility index (Phi) is 3.28. The van der Waals surface area contributed by atoms with Gasteiger partial charge in [0.25, 0.3) is 0 Å². The zero-order valence-electron chi connectivity index (χ0n) is 10.7. The summed E-state index contributed by atoms with van der Waals surface area (Å²) in [5.74, 6) is 0.617. The van der Waals surface area contributed by atoms with E-state index in [2.05, 4.69) is 11.8 Å². The van der Waals surface area contributed by atoms with E-state index < -0.39 is 0 Å². The Bertz CT molecular complexity index is 465. The summed E-state index contributed by atoms with van der Waals surface area (Å²) in [6.07, 6.45) is 6.36. The summed E-state index contributed by atoms with van der Waals surface area (Å²) in [6, 6.07) is 0.594. The molecular formula is C13H19N3S2. The highest BCUT2D eigenvalue weighted by atomic mass is 32.1. The fourth-order valence-corrected chi connectivity index (χ4v) is 4.00. The largest absolute Gasteiger partial charge is 0.389 e. The number of anilines is 1. The molecule has 2 heterocycles. The zero-order chi connectivity index (χ0) is 12.7. The molecule has 98 valence electrons. The second-order valence-electron chi connectivity index (χ2n) is 5.39. The van der Waals surface area contributed by atoms with Crippen LogP contribution in [0.15, 0.2) is 0 Å². The number of piperidine rings is 1. The van der Waals surface area contributed by atoms with Crippen LogP contribution < -0.4 is 10.6 Å². The first-order valence-corrected chi connectivity index (χ1v) is 7.96. The van der Waals surface area contributed by atoms with Crippen molar-refractivity contribution in [1.29, 1.82) is 0 Å². The lowest BCUT2D eigenvalue weighted by Crippen LogP contribution is -2.37. The van der Waals surface area contributed by atoms with Crippen molar-refractivity contribution in [2.24, 2.45) is 5.73 Å². The first-order valence-electron chi connectivity index (χ1n) is 6.74. The van der Waals surface area contributed by atoms with Gasteiger partial charge in [-0.3, -0.25) is 0 Å². The molecule has 2 N–H and O–H groups in total. The van der Waals surface area contributed by atoms with E-state index in [0.29, 0.717) is 16.9 Å². The highest BCUT2D eigenvalue weighted by Crippen LogP contribution is 2.44. The van der Waals surface area contributed by atoms with E-state index in [1.165, 1.54) is 37.8 Å². The van der Waals surface area contributed by atoms with Gasteiger partial charge in [-0.05, 0) is 39.0 Å². The Morgan fingerprint density at radius 2 is 2.17 bits per heavy atom. The number of nitrogens with two attached hydrogens (primary N) is 1. The Hall–Kier alpha value is -0.680. The summed E-state index contributed by atoms with van der Waals surface area (Å²) in [5.41, 5.74) is 7.01. The molecule has 0 bridgehead atoms. The van der Waals surface area contributed by atoms with Gasteiger partial charge in [0.15, 0.2) is 5.13 Å². The number of thiocarbonyl (C=S) groups is 1. The van der Waals surface area contributed by atoms with Crippen molar-refractivity contribution in [3.05, 3.63) is 10.6 Å². The van der Waals surface area contributed by atoms with Crippen molar-refractivity contribution in [3.8, 4) is 0 Å². The normalized spacial score (nSPS) is 24.3. The maximum absolute atomic E-state index is 5.84. The lowest BCUT2D eigenvalue weighted by Gasteiger charge is -2.33. The topological polar surface area (TPSA) is 42.2 Å². The third-order valence-corrected chi connectivity index (χ3v) is 5.35. The molecule has 5 heteroatoms. The maximum Gasteiger partial charge on any atom is 0.186 e. The van der Waals surface area contributed by atoms with Crippen molar-refractivity contribution < 1.29 is 0 Å². The molecule has 1 atom stereocenters. The van der Waals surface area contributed by atoms with Crippen LogP contribution in [0.1, 0.15) is 55.5 Å². The Morgan fingerprint density at radius 1 is 1.39 bits per heavy atom. The SMILES string of the molecule is CC1CCCCN1c1nc(C2CC2)c(C(N)=S)s1. The molecule has 2 aliphatic rings. The molecule has 1 unspecified atom stereocenters. The van der Waals surface area contributed by atoms with Gasteiger partial charge < -0.3 is 10.6 Å².